The molecule has 0 atom stereocenters. The molecule has 3 nitrogen and oxygen atoms in total. The van der Waals surface area contributed by atoms with Crippen LogP contribution in [0.1, 0.15) is 24.0 Å². The Kier molecular flexibility index (Phi) is 3.84. The van der Waals surface area contributed by atoms with Crippen LogP contribution in [-0.2, 0) is 11.4 Å². The van der Waals surface area contributed by atoms with Crippen LogP contribution in [0.2, 0.25) is 0 Å². The molecule has 0 bridgehead atoms. The summed E-state index contributed by atoms with van der Waals surface area (Å²) in [5, 5.41) is 0. The third-order valence-electron chi connectivity index (χ3n) is 2.48. The van der Waals surface area contributed by atoms with Gasteiger partial charge in [0.2, 0.25) is 0 Å². The van der Waals surface area contributed by atoms with Gasteiger partial charge in [0.25, 0.3) is 0 Å². The second-order valence-corrected chi connectivity index (χ2v) is 4.93. The van der Waals surface area contributed by atoms with Crippen LogP contribution in [0.3, 0.4) is 0 Å². The minimum Gasteiger partial charge on any atom is -0.489 e. The summed E-state index contributed by atoms with van der Waals surface area (Å²) in [5.41, 5.74) is 5.19. The predicted octanol–water partition coefficient (Wildman–Crippen LogP) is 2.95. The maximum absolute atomic E-state index is 5.90. The largest absolute Gasteiger partial charge is 0.489 e. The van der Waals surface area contributed by atoms with E-state index in [1.807, 2.05) is 0 Å². The van der Waals surface area contributed by atoms with Crippen molar-refractivity contribution in [2.75, 3.05) is 7.11 Å². The Hall–Kier alpha value is -0.580. The summed E-state index contributed by atoms with van der Waals surface area (Å²) in [6.07, 6.45) is 2.73. The highest BCUT2D eigenvalue weighted by Gasteiger charge is 2.25. The molecule has 16 heavy (non-hydrogen) atoms. The summed E-state index contributed by atoms with van der Waals surface area (Å²) in [6, 6.07) is 4.20. The van der Waals surface area contributed by atoms with Crippen molar-refractivity contribution in [1.82, 2.24) is 5.48 Å². The fourth-order valence-corrected chi connectivity index (χ4v) is 2.28. The van der Waals surface area contributed by atoms with E-state index in [0.29, 0.717) is 12.6 Å². The molecule has 0 saturated heterocycles. The highest BCUT2D eigenvalue weighted by atomic mass is 79.9. The number of hydrogen-bond donors (Lipinski definition) is 1. The van der Waals surface area contributed by atoms with Crippen molar-refractivity contribution >= 4 is 15.9 Å². The first kappa shape index (κ1) is 11.9. The van der Waals surface area contributed by atoms with E-state index in [0.717, 1.165) is 28.6 Å². The maximum Gasteiger partial charge on any atom is 0.138 e. The topological polar surface area (TPSA) is 30.5 Å². The fourth-order valence-electron chi connectivity index (χ4n) is 1.57. The molecule has 1 fully saturated rings. The van der Waals surface area contributed by atoms with E-state index in [1.165, 1.54) is 5.56 Å². The van der Waals surface area contributed by atoms with E-state index in [-0.39, 0.29) is 0 Å². The van der Waals surface area contributed by atoms with Crippen LogP contribution < -0.4 is 10.2 Å². The number of aryl methyl sites for hydroxylation is 1. The Morgan fingerprint density at radius 1 is 1.44 bits per heavy atom. The lowest BCUT2D eigenvalue weighted by molar-refractivity contribution is 0.0858. The summed E-state index contributed by atoms with van der Waals surface area (Å²) >= 11 is 3.55. The van der Waals surface area contributed by atoms with Gasteiger partial charge in [-0.2, -0.15) is 5.48 Å². The number of rotatable bonds is 5. The molecule has 0 radical (unpaired) electrons. The second kappa shape index (κ2) is 5.17. The molecule has 0 aliphatic heterocycles. The molecule has 4 heteroatoms. The lowest BCUT2D eigenvalue weighted by Crippen LogP contribution is -2.13. The van der Waals surface area contributed by atoms with Gasteiger partial charge >= 0.3 is 0 Å². The van der Waals surface area contributed by atoms with Gasteiger partial charge in [0.15, 0.2) is 0 Å². The maximum atomic E-state index is 5.90. The van der Waals surface area contributed by atoms with Crippen LogP contribution in [0.15, 0.2) is 16.6 Å². The van der Waals surface area contributed by atoms with Crippen LogP contribution in [0, 0.1) is 6.92 Å². The minimum absolute atomic E-state index is 0.403. The Morgan fingerprint density at radius 3 is 2.81 bits per heavy atom. The van der Waals surface area contributed by atoms with Crippen LogP contribution in [-0.4, -0.2) is 13.2 Å². The molecule has 0 heterocycles. The molecule has 1 aromatic rings. The lowest BCUT2D eigenvalue weighted by Gasteiger charge is -2.14. The van der Waals surface area contributed by atoms with Crippen molar-refractivity contribution in [3.63, 3.8) is 0 Å². The third kappa shape index (κ3) is 2.97. The van der Waals surface area contributed by atoms with Crippen molar-refractivity contribution in [2.45, 2.75) is 32.4 Å². The van der Waals surface area contributed by atoms with E-state index >= 15 is 0 Å². The highest BCUT2D eigenvalue weighted by molar-refractivity contribution is 9.10. The molecule has 0 unspecified atom stereocenters. The van der Waals surface area contributed by atoms with Gasteiger partial charge in [-0.25, -0.2) is 0 Å². The van der Waals surface area contributed by atoms with E-state index in [2.05, 4.69) is 40.5 Å². The first-order valence-electron chi connectivity index (χ1n) is 5.42. The molecule has 0 spiro atoms. The summed E-state index contributed by atoms with van der Waals surface area (Å²) < 4.78 is 6.92. The standard InChI is InChI=1S/C12H16BrNO2/c1-8-5-9(7-14-15-2)12(11(13)6-8)16-10-3-4-10/h5-6,10,14H,3-4,7H2,1-2H3. The number of hydroxylamine groups is 1. The van der Waals surface area contributed by atoms with Gasteiger partial charge in [-0.15, -0.1) is 0 Å². The van der Waals surface area contributed by atoms with Crippen LogP contribution >= 0.6 is 15.9 Å². The van der Waals surface area contributed by atoms with Crippen molar-refractivity contribution in [3.8, 4) is 5.75 Å². The van der Waals surface area contributed by atoms with Gasteiger partial charge in [0.05, 0.1) is 17.7 Å². The quantitative estimate of drug-likeness (QED) is 0.844. The van der Waals surface area contributed by atoms with Gasteiger partial charge in [0.1, 0.15) is 5.75 Å². The normalized spacial score (nSPS) is 15.2. The number of benzene rings is 1. The van der Waals surface area contributed by atoms with Crippen molar-refractivity contribution in [3.05, 3.63) is 27.7 Å². The first-order chi connectivity index (χ1) is 7.70. The van der Waals surface area contributed by atoms with Crippen LogP contribution in [0.4, 0.5) is 0 Å². The zero-order valence-corrected chi connectivity index (χ0v) is 11.1. The number of nitrogens with one attached hydrogen (secondary N) is 1. The summed E-state index contributed by atoms with van der Waals surface area (Å²) in [5.74, 6) is 0.942. The first-order valence-corrected chi connectivity index (χ1v) is 6.21. The van der Waals surface area contributed by atoms with E-state index in [9.17, 15) is 0 Å². The van der Waals surface area contributed by atoms with Crippen LogP contribution in [0.25, 0.3) is 0 Å². The predicted molar refractivity (Wildman–Crippen MR) is 66.4 cm³/mol. The molecule has 2 rings (SSSR count). The summed E-state index contributed by atoms with van der Waals surface area (Å²) in [4.78, 5) is 4.88. The highest BCUT2D eigenvalue weighted by Crippen LogP contribution is 2.35. The van der Waals surface area contributed by atoms with Crippen molar-refractivity contribution < 1.29 is 9.57 Å². The monoisotopic (exact) mass is 285 g/mol. The Labute approximate surface area is 104 Å². The summed E-state index contributed by atoms with van der Waals surface area (Å²) in [7, 11) is 1.62. The van der Waals surface area contributed by atoms with E-state index in [4.69, 9.17) is 9.57 Å². The second-order valence-electron chi connectivity index (χ2n) is 4.08. The summed E-state index contributed by atoms with van der Waals surface area (Å²) in [6.45, 7) is 2.72. The van der Waals surface area contributed by atoms with Crippen molar-refractivity contribution in [1.29, 1.82) is 0 Å². The number of halogens is 1. The third-order valence-corrected chi connectivity index (χ3v) is 3.07. The molecule has 0 aromatic heterocycles. The molecule has 1 N–H and O–H groups in total. The molecule has 1 aliphatic carbocycles. The number of hydrogen-bond acceptors (Lipinski definition) is 3. The molecule has 0 amide bonds. The molecular formula is C12H16BrNO2. The van der Waals surface area contributed by atoms with Gasteiger partial charge in [-0.3, -0.25) is 0 Å². The smallest absolute Gasteiger partial charge is 0.138 e. The SMILES string of the molecule is CONCc1cc(C)cc(Br)c1OC1CC1. The zero-order chi connectivity index (χ0) is 11.5. The Balaban J connectivity index is 2.22. The fraction of sp³-hybridized carbons (Fsp3) is 0.500. The van der Waals surface area contributed by atoms with Crippen molar-refractivity contribution in [2.24, 2.45) is 0 Å². The number of ether oxygens (including phenoxy) is 1. The molecule has 1 aromatic carbocycles. The molecular weight excluding hydrogens is 270 g/mol. The van der Waals surface area contributed by atoms with E-state index < -0.39 is 0 Å². The Bertz CT molecular complexity index is 378. The minimum atomic E-state index is 0.403. The van der Waals surface area contributed by atoms with Gasteiger partial charge in [-0.05, 0) is 47.3 Å². The lowest BCUT2D eigenvalue weighted by atomic mass is 10.1. The Morgan fingerprint density at radius 2 is 2.19 bits per heavy atom. The molecule has 88 valence electrons. The van der Waals surface area contributed by atoms with E-state index in [1.54, 1.807) is 7.11 Å². The molecule has 1 saturated carbocycles. The van der Waals surface area contributed by atoms with Gasteiger partial charge in [0, 0.05) is 12.1 Å². The van der Waals surface area contributed by atoms with Crippen LogP contribution in [0.5, 0.6) is 5.75 Å². The average molecular weight is 286 g/mol. The van der Waals surface area contributed by atoms with Gasteiger partial charge < -0.3 is 9.57 Å². The average Bonchev–Trinajstić information content (AvgIpc) is 3.03. The zero-order valence-electron chi connectivity index (χ0n) is 9.55. The molecule has 1 aliphatic rings. The van der Waals surface area contributed by atoms with Gasteiger partial charge in [-0.1, -0.05) is 6.07 Å².